The van der Waals surface area contributed by atoms with Gasteiger partial charge in [-0.2, -0.15) is 5.10 Å². The van der Waals surface area contributed by atoms with E-state index in [2.05, 4.69) is 34.2 Å². The van der Waals surface area contributed by atoms with Crippen LogP contribution < -0.4 is 11.0 Å². The average Bonchev–Trinajstić information content (AvgIpc) is 3.02. The molecule has 0 saturated heterocycles. The smallest absolute Gasteiger partial charge is 0.306 e. The molecule has 3 aromatic rings. The van der Waals surface area contributed by atoms with E-state index in [1.807, 2.05) is 36.0 Å². The second-order valence-corrected chi connectivity index (χ2v) is 5.37. The lowest BCUT2D eigenvalue weighted by atomic mass is 10.1. The van der Waals surface area contributed by atoms with Crippen LogP contribution in [0.3, 0.4) is 0 Å². The highest BCUT2D eigenvalue weighted by Gasteiger charge is 2.14. The van der Waals surface area contributed by atoms with Crippen molar-refractivity contribution in [1.82, 2.24) is 25.1 Å². The van der Waals surface area contributed by atoms with Gasteiger partial charge in [0.15, 0.2) is 0 Å². The molecule has 0 aliphatic rings. The minimum atomic E-state index is -0.175. The van der Waals surface area contributed by atoms with Gasteiger partial charge in [-0.25, -0.2) is 4.79 Å². The molecule has 0 aliphatic carbocycles. The molecule has 0 amide bonds. The topological polar surface area (TPSA) is 78.5 Å². The summed E-state index contributed by atoms with van der Waals surface area (Å²) in [5.41, 5.74) is 3.76. The van der Waals surface area contributed by atoms with Crippen molar-refractivity contribution in [2.24, 2.45) is 7.05 Å². The molecule has 3 N–H and O–H groups in total. The Morgan fingerprint density at radius 3 is 2.62 bits per heavy atom. The summed E-state index contributed by atoms with van der Waals surface area (Å²) in [6.45, 7) is 4.23. The van der Waals surface area contributed by atoms with Gasteiger partial charge in [0.1, 0.15) is 0 Å². The number of fused-ring (bicyclic) bond motifs is 1. The highest BCUT2D eigenvalue weighted by atomic mass is 16.1. The largest absolute Gasteiger partial charge is 0.323 e. The molecule has 6 heteroatoms. The molecular formula is C15H19N5O. The van der Waals surface area contributed by atoms with Crippen LogP contribution in [0.1, 0.15) is 37.2 Å². The zero-order valence-corrected chi connectivity index (χ0v) is 12.3. The maximum Gasteiger partial charge on any atom is 0.323 e. The van der Waals surface area contributed by atoms with Gasteiger partial charge in [-0.3, -0.25) is 4.68 Å². The van der Waals surface area contributed by atoms with Crippen LogP contribution in [0.15, 0.2) is 35.3 Å². The Hall–Kier alpha value is -2.34. The summed E-state index contributed by atoms with van der Waals surface area (Å²) in [6, 6.07) is 8.32. The van der Waals surface area contributed by atoms with Crippen molar-refractivity contribution in [2.75, 3.05) is 0 Å². The molecule has 21 heavy (non-hydrogen) atoms. The van der Waals surface area contributed by atoms with E-state index in [1.54, 1.807) is 6.20 Å². The third-order valence-corrected chi connectivity index (χ3v) is 3.84. The molecule has 6 nitrogen and oxygen atoms in total. The van der Waals surface area contributed by atoms with Crippen LogP contribution in [-0.2, 0) is 7.05 Å². The molecule has 2 heterocycles. The second-order valence-electron chi connectivity index (χ2n) is 5.37. The third kappa shape index (κ3) is 2.62. The van der Waals surface area contributed by atoms with Gasteiger partial charge in [-0.05, 0) is 37.6 Å². The van der Waals surface area contributed by atoms with Gasteiger partial charge in [0.25, 0.3) is 0 Å². The summed E-state index contributed by atoms with van der Waals surface area (Å²) in [4.78, 5) is 16.8. The van der Waals surface area contributed by atoms with E-state index in [9.17, 15) is 4.79 Å². The molecule has 0 radical (unpaired) electrons. The number of benzene rings is 1. The highest BCUT2D eigenvalue weighted by molar-refractivity contribution is 5.75. The minimum absolute atomic E-state index is 0.165. The van der Waals surface area contributed by atoms with E-state index in [0.29, 0.717) is 0 Å². The molecule has 2 atom stereocenters. The molecular weight excluding hydrogens is 266 g/mol. The summed E-state index contributed by atoms with van der Waals surface area (Å²) in [7, 11) is 1.94. The van der Waals surface area contributed by atoms with Crippen LogP contribution in [0.5, 0.6) is 0 Å². The number of aromatic amines is 2. The van der Waals surface area contributed by atoms with Gasteiger partial charge < -0.3 is 15.3 Å². The summed E-state index contributed by atoms with van der Waals surface area (Å²) in [5.74, 6) is 0. The Balaban J connectivity index is 1.81. The maximum atomic E-state index is 11.3. The molecule has 0 spiro atoms. The Bertz CT molecular complexity index is 813. The van der Waals surface area contributed by atoms with Crippen LogP contribution in [0, 0.1) is 0 Å². The first-order chi connectivity index (χ1) is 10.0. The van der Waals surface area contributed by atoms with Crippen molar-refractivity contribution in [3.63, 3.8) is 0 Å². The monoisotopic (exact) mass is 285 g/mol. The van der Waals surface area contributed by atoms with Gasteiger partial charge >= 0.3 is 5.69 Å². The van der Waals surface area contributed by atoms with Gasteiger partial charge in [0.2, 0.25) is 0 Å². The van der Waals surface area contributed by atoms with Gasteiger partial charge in [0, 0.05) is 25.3 Å². The Labute approximate surface area is 122 Å². The zero-order chi connectivity index (χ0) is 15.0. The highest BCUT2D eigenvalue weighted by Crippen LogP contribution is 2.21. The van der Waals surface area contributed by atoms with Crippen LogP contribution in [0.4, 0.5) is 0 Å². The molecule has 2 aromatic heterocycles. The van der Waals surface area contributed by atoms with E-state index in [1.165, 1.54) is 0 Å². The number of imidazole rings is 1. The quantitative estimate of drug-likeness (QED) is 0.686. The average molecular weight is 285 g/mol. The standard InChI is InChI=1S/C15H19N5O/c1-9(17-10(2)14-6-7-16-20(14)3)11-4-5-12-13(8-11)19-15(21)18-12/h4-10,17H,1-3H3,(H2,18,19,21). The normalized spacial score (nSPS) is 14.4. The third-order valence-electron chi connectivity index (χ3n) is 3.84. The summed E-state index contributed by atoms with van der Waals surface area (Å²) < 4.78 is 1.87. The lowest BCUT2D eigenvalue weighted by Gasteiger charge is -2.20. The fraction of sp³-hybridized carbons (Fsp3) is 0.333. The van der Waals surface area contributed by atoms with E-state index >= 15 is 0 Å². The number of aromatic nitrogens is 4. The molecule has 0 bridgehead atoms. The fourth-order valence-electron chi connectivity index (χ4n) is 2.68. The van der Waals surface area contributed by atoms with Crippen LogP contribution in [0.2, 0.25) is 0 Å². The SMILES string of the molecule is CC(NC(C)c1ccnn1C)c1ccc2[nH]c(=O)[nH]c2c1. The van der Waals surface area contributed by atoms with Crippen molar-refractivity contribution < 1.29 is 0 Å². The molecule has 2 unspecified atom stereocenters. The van der Waals surface area contributed by atoms with Crippen LogP contribution in [0.25, 0.3) is 11.0 Å². The van der Waals surface area contributed by atoms with Crippen molar-refractivity contribution in [1.29, 1.82) is 0 Å². The second kappa shape index (κ2) is 5.21. The number of nitrogens with zero attached hydrogens (tertiary/aromatic N) is 2. The summed E-state index contributed by atoms with van der Waals surface area (Å²) in [6.07, 6.45) is 1.80. The van der Waals surface area contributed by atoms with Crippen molar-refractivity contribution in [2.45, 2.75) is 25.9 Å². The molecule has 0 aliphatic heterocycles. The number of H-pyrrole nitrogens is 2. The number of rotatable bonds is 4. The molecule has 0 fully saturated rings. The first kappa shape index (κ1) is 13.6. The molecule has 3 rings (SSSR count). The van der Waals surface area contributed by atoms with Crippen molar-refractivity contribution in [3.05, 3.63) is 52.2 Å². The van der Waals surface area contributed by atoms with Gasteiger partial charge in [-0.1, -0.05) is 6.07 Å². The van der Waals surface area contributed by atoms with Crippen LogP contribution in [-0.4, -0.2) is 19.7 Å². The summed E-state index contributed by atoms with van der Waals surface area (Å²) in [5, 5.41) is 7.74. The van der Waals surface area contributed by atoms with Gasteiger partial charge in [0.05, 0.1) is 16.7 Å². The molecule has 0 saturated carbocycles. The zero-order valence-electron chi connectivity index (χ0n) is 12.3. The lowest BCUT2D eigenvalue weighted by Crippen LogP contribution is -2.24. The predicted octanol–water partition coefficient (Wildman–Crippen LogP) is 2.00. The van der Waals surface area contributed by atoms with Gasteiger partial charge in [-0.15, -0.1) is 0 Å². The number of hydrogen-bond donors (Lipinski definition) is 3. The maximum absolute atomic E-state index is 11.3. The van der Waals surface area contributed by atoms with Crippen molar-refractivity contribution in [3.8, 4) is 0 Å². The van der Waals surface area contributed by atoms with E-state index in [-0.39, 0.29) is 17.8 Å². The Morgan fingerprint density at radius 1 is 1.14 bits per heavy atom. The first-order valence-corrected chi connectivity index (χ1v) is 7.00. The molecule has 1 aromatic carbocycles. The fourth-order valence-corrected chi connectivity index (χ4v) is 2.68. The number of aryl methyl sites for hydroxylation is 1. The predicted molar refractivity (Wildman–Crippen MR) is 82.1 cm³/mol. The number of nitrogens with one attached hydrogen (secondary N) is 3. The van der Waals surface area contributed by atoms with E-state index in [4.69, 9.17) is 0 Å². The van der Waals surface area contributed by atoms with Crippen LogP contribution >= 0.6 is 0 Å². The van der Waals surface area contributed by atoms with Crippen molar-refractivity contribution >= 4 is 11.0 Å². The summed E-state index contributed by atoms with van der Waals surface area (Å²) >= 11 is 0. The minimum Gasteiger partial charge on any atom is -0.306 e. The number of hydrogen-bond acceptors (Lipinski definition) is 3. The van der Waals surface area contributed by atoms with E-state index in [0.717, 1.165) is 22.3 Å². The Morgan fingerprint density at radius 2 is 1.90 bits per heavy atom. The first-order valence-electron chi connectivity index (χ1n) is 7.00. The Kier molecular flexibility index (Phi) is 3.39. The van der Waals surface area contributed by atoms with E-state index < -0.39 is 0 Å². The lowest BCUT2D eigenvalue weighted by molar-refractivity contribution is 0.469. The molecule has 110 valence electrons.